The topological polar surface area (TPSA) is 67.2 Å². The molecule has 0 saturated carbocycles. The number of halogens is 1. The average Bonchev–Trinajstić information content (AvgIpc) is 2.90. The number of ether oxygens (including phenoxy) is 1. The SMILES string of the molecule is COCc1cc(-c2[nH]ncc2CN(C)CCN)ccc1F. The number of rotatable bonds is 7. The molecule has 0 unspecified atom stereocenters. The number of aromatic nitrogens is 2. The van der Waals surface area contributed by atoms with E-state index in [0.29, 0.717) is 12.1 Å². The minimum Gasteiger partial charge on any atom is -0.380 e. The molecule has 114 valence electrons. The van der Waals surface area contributed by atoms with Crippen molar-refractivity contribution < 1.29 is 9.13 Å². The van der Waals surface area contributed by atoms with Gasteiger partial charge in [0.05, 0.1) is 18.5 Å². The summed E-state index contributed by atoms with van der Waals surface area (Å²) in [6.07, 6.45) is 1.79. The predicted octanol–water partition coefficient (Wildman–Crippen LogP) is 1.75. The second-order valence-corrected chi connectivity index (χ2v) is 5.04. The van der Waals surface area contributed by atoms with Gasteiger partial charge in [0.1, 0.15) is 5.82 Å². The van der Waals surface area contributed by atoms with Gasteiger partial charge in [0, 0.05) is 43.4 Å². The zero-order valence-corrected chi connectivity index (χ0v) is 12.4. The molecule has 0 radical (unpaired) electrons. The van der Waals surface area contributed by atoms with E-state index in [1.807, 2.05) is 7.05 Å². The van der Waals surface area contributed by atoms with E-state index in [1.54, 1.807) is 25.4 Å². The minimum atomic E-state index is -0.262. The van der Waals surface area contributed by atoms with Gasteiger partial charge in [0.15, 0.2) is 0 Å². The third-order valence-electron chi connectivity index (χ3n) is 3.30. The maximum atomic E-state index is 13.7. The lowest BCUT2D eigenvalue weighted by molar-refractivity contribution is 0.181. The third-order valence-corrected chi connectivity index (χ3v) is 3.30. The van der Waals surface area contributed by atoms with Gasteiger partial charge in [-0.15, -0.1) is 0 Å². The normalized spacial score (nSPS) is 11.3. The fourth-order valence-electron chi connectivity index (χ4n) is 2.27. The summed E-state index contributed by atoms with van der Waals surface area (Å²) >= 11 is 0. The molecule has 6 heteroatoms. The van der Waals surface area contributed by atoms with Crippen molar-refractivity contribution in [3.8, 4) is 11.3 Å². The summed E-state index contributed by atoms with van der Waals surface area (Å²) in [4.78, 5) is 2.12. The molecule has 5 nitrogen and oxygen atoms in total. The second kappa shape index (κ2) is 7.31. The van der Waals surface area contributed by atoms with E-state index in [2.05, 4.69) is 15.1 Å². The zero-order valence-electron chi connectivity index (χ0n) is 12.4. The molecular formula is C15H21FN4O. The smallest absolute Gasteiger partial charge is 0.128 e. The Kier molecular flexibility index (Phi) is 5.44. The fourth-order valence-corrected chi connectivity index (χ4v) is 2.27. The Balaban J connectivity index is 2.26. The Hall–Kier alpha value is -1.76. The molecule has 0 amide bonds. The molecule has 2 rings (SSSR count). The summed E-state index contributed by atoms with van der Waals surface area (Å²) in [5, 5.41) is 7.09. The summed E-state index contributed by atoms with van der Waals surface area (Å²) < 4.78 is 18.7. The Morgan fingerprint density at radius 3 is 2.90 bits per heavy atom. The van der Waals surface area contributed by atoms with Gasteiger partial charge < -0.3 is 15.4 Å². The molecule has 0 atom stereocenters. The zero-order chi connectivity index (χ0) is 15.2. The molecule has 21 heavy (non-hydrogen) atoms. The van der Waals surface area contributed by atoms with Gasteiger partial charge in [-0.25, -0.2) is 4.39 Å². The van der Waals surface area contributed by atoms with E-state index >= 15 is 0 Å². The van der Waals surface area contributed by atoms with Crippen molar-refractivity contribution in [3.63, 3.8) is 0 Å². The number of H-pyrrole nitrogens is 1. The first-order valence-electron chi connectivity index (χ1n) is 6.84. The third kappa shape index (κ3) is 3.87. The molecule has 0 bridgehead atoms. The van der Waals surface area contributed by atoms with Gasteiger partial charge in [-0.1, -0.05) is 0 Å². The highest BCUT2D eigenvalue weighted by Crippen LogP contribution is 2.24. The number of likely N-dealkylation sites (N-methyl/N-ethyl adjacent to an activating group) is 1. The molecule has 0 fully saturated rings. The van der Waals surface area contributed by atoms with Crippen molar-refractivity contribution in [1.29, 1.82) is 0 Å². The Morgan fingerprint density at radius 1 is 1.38 bits per heavy atom. The first-order valence-corrected chi connectivity index (χ1v) is 6.84. The molecule has 3 N–H and O–H groups in total. The highest BCUT2D eigenvalue weighted by molar-refractivity contribution is 5.63. The number of methoxy groups -OCH3 is 1. The molecule has 0 aliphatic rings. The quantitative estimate of drug-likeness (QED) is 0.816. The van der Waals surface area contributed by atoms with E-state index in [1.165, 1.54) is 6.07 Å². The van der Waals surface area contributed by atoms with Gasteiger partial charge in [0.2, 0.25) is 0 Å². The van der Waals surface area contributed by atoms with Crippen LogP contribution in [0.4, 0.5) is 4.39 Å². The van der Waals surface area contributed by atoms with Crippen LogP contribution in [0.5, 0.6) is 0 Å². The van der Waals surface area contributed by atoms with Crippen LogP contribution in [0.3, 0.4) is 0 Å². The molecule has 2 aromatic rings. The lowest BCUT2D eigenvalue weighted by atomic mass is 10.0. The first-order chi connectivity index (χ1) is 10.2. The Bertz CT molecular complexity index is 585. The number of aromatic amines is 1. The number of nitrogens with two attached hydrogens (primary N) is 1. The van der Waals surface area contributed by atoms with Crippen LogP contribution in [0.2, 0.25) is 0 Å². The average molecular weight is 292 g/mol. The summed E-state index contributed by atoms with van der Waals surface area (Å²) in [7, 11) is 3.56. The highest BCUT2D eigenvalue weighted by atomic mass is 19.1. The van der Waals surface area contributed by atoms with Crippen molar-refractivity contribution >= 4 is 0 Å². The number of hydrogen-bond donors (Lipinski definition) is 2. The fraction of sp³-hybridized carbons (Fsp3) is 0.400. The summed E-state index contributed by atoms with van der Waals surface area (Å²) in [6.45, 7) is 2.40. The van der Waals surface area contributed by atoms with Crippen LogP contribution in [0, 0.1) is 5.82 Å². The number of nitrogens with zero attached hydrogens (tertiary/aromatic N) is 2. The van der Waals surface area contributed by atoms with E-state index in [0.717, 1.165) is 29.9 Å². The van der Waals surface area contributed by atoms with Crippen LogP contribution in [0.15, 0.2) is 24.4 Å². The van der Waals surface area contributed by atoms with E-state index < -0.39 is 0 Å². The van der Waals surface area contributed by atoms with Crippen molar-refractivity contribution in [2.45, 2.75) is 13.2 Å². The standard InChI is InChI=1S/C15H21FN4O/c1-20(6-5-17)9-13-8-18-19-15(13)11-3-4-14(16)12(7-11)10-21-2/h3-4,7-8H,5-6,9-10,17H2,1-2H3,(H,18,19). The molecule has 0 aliphatic heterocycles. The second-order valence-electron chi connectivity index (χ2n) is 5.04. The highest BCUT2D eigenvalue weighted by Gasteiger charge is 2.12. The molecule has 0 saturated heterocycles. The minimum absolute atomic E-state index is 0.246. The van der Waals surface area contributed by atoms with Crippen molar-refractivity contribution in [3.05, 3.63) is 41.3 Å². The maximum absolute atomic E-state index is 13.7. The summed E-state index contributed by atoms with van der Waals surface area (Å²) in [5.41, 5.74) is 8.95. The van der Waals surface area contributed by atoms with Crippen molar-refractivity contribution in [2.24, 2.45) is 5.73 Å². The summed E-state index contributed by atoms with van der Waals surface area (Å²) in [5.74, 6) is -0.262. The lowest BCUT2D eigenvalue weighted by Crippen LogP contribution is -2.25. The van der Waals surface area contributed by atoms with Crippen LogP contribution in [0.25, 0.3) is 11.3 Å². The van der Waals surface area contributed by atoms with Crippen LogP contribution >= 0.6 is 0 Å². The van der Waals surface area contributed by atoms with Crippen LogP contribution in [0.1, 0.15) is 11.1 Å². The van der Waals surface area contributed by atoms with Crippen molar-refractivity contribution in [1.82, 2.24) is 15.1 Å². The van der Waals surface area contributed by atoms with Crippen molar-refractivity contribution in [2.75, 3.05) is 27.2 Å². The molecular weight excluding hydrogens is 271 g/mol. The van der Waals surface area contributed by atoms with E-state index in [9.17, 15) is 4.39 Å². The van der Waals surface area contributed by atoms with E-state index in [-0.39, 0.29) is 12.4 Å². The molecule has 0 aliphatic carbocycles. The first kappa shape index (κ1) is 15.6. The molecule has 1 aromatic heterocycles. The van der Waals surface area contributed by atoms with Gasteiger partial charge >= 0.3 is 0 Å². The maximum Gasteiger partial charge on any atom is 0.128 e. The molecule has 1 aromatic carbocycles. The van der Waals surface area contributed by atoms with Crippen LogP contribution in [-0.2, 0) is 17.9 Å². The Labute approximate surface area is 123 Å². The van der Waals surface area contributed by atoms with Gasteiger partial charge in [0.25, 0.3) is 0 Å². The summed E-state index contributed by atoms with van der Waals surface area (Å²) in [6, 6.07) is 4.99. The lowest BCUT2D eigenvalue weighted by Gasteiger charge is -2.15. The van der Waals surface area contributed by atoms with Crippen LogP contribution in [-0.4, -0.2) is 42.3 Å². The Morgan fingerprint density at radius 2 is 2.19 bits per heavy atom. The monoisotopic (exact) mass is 292 g/mol. The number of hydrogen-bond acceptors (Lipinski definition) is 4. The molecule has 0 spiro atoms. The van der Waals surface area contributed by atoms with E-state index in [4.69, 9.17) is 10.5 Å². The van der Waals surface area contributed by atoms with Gasteiger partial charge in [-0.05, 0) is 25.2 Å². The predicted molar refractivity (Wildman–Crippen MR) is 80.1 cm³/mol. The number of nitrogens with one attached hydrogen (secondary N) is 1. The largest absolute Gasteiger partial charge is 0.380 e. The van der Waals surface area contributed by atoms with Crippen LogP contribution < -0.4 is 5.73 Å². The molecule has 1 heterocycles. The van der Waals surface area contributed by atoms with Gasteiger partial charge in [-0.3, -0.25) is 5.10 Å². The van der Waals surface area contributed by atoms with Gasteiger partial charge in [-0.2, -0.15) is 5.10 Å². The number of benzene rings is 1.